The number of anilines is 1. The normalized spacial score (nSPS) is 11.8. The van der Waals surface area contributed by atoms with Crippen molar-refractivity contribution < 1.29 is 0 Å². The fraction of sp³-hybridized carbons (Fsp3) is 0.438. The van der Waals surface area contributed by atoms with Gasteiger partial charge in [0.25, 0.3) is 0 Å². The molecule has 2 aromatic rings. The SMILES string of the molecule is CCc1nc(N)sc1Cc1ccc(C(C)(C)C)cc1. The lowest BCUT2D eigenvalue weighted by atomic mass is 9.86. The predicted molar refractivity (Wildman–Crippen MR) is 83.9 cm³/mol. The molecule has 1 aromatic carbocycles. The fourth-order valence-electron chi connectivity index (χ4n) is 2.13. The van der Waals surface area contributed by atoms with Gasteiger partial charge in [0.2, 0.25) is 0 Å². The Kier molecular flexibility index (Phi) is 3.95. The van der Waals surface area contributed by atoms with Gasteiger partial charge < -0.3 is 5.73 Å². The van der Waals surface area contributed by atoms with Crippen molar-refractivity contribution in [2.75, 3.05) is 5.73 Å². The Morgan fingerprint density at radius 2 is 1.79 bits per heavy atom. The molecule has 19 heavy (non-hydrogen) atoms. The molecule has 0 atom stereocenters. The zero-order valence-corrected chi connectivity index (χ0v) is 13.0. The zero-order chi connectivity index (χ0) is 14.0. The minimum atomic E-state index is 0.210. The molecule has 0 spiro atoms. The van der Waals surface area contributed by atoms with Crippen LogP contribution in [0.25, 0.3) is 0 Å². The molecular formula is C16H22N2S. The minimum Gasteiger partial charge on any atom is -0.375 e. The third-order valence-electron chi connectivity index (χ3n) is 3.31. The summed E-state index contributed by atoms with van der Waals surface area (Å²) in [5.41, 5.74) is 9.85. The van der Waals surface area contributed by atoms with Crippen LogP contribution in [0.3, 0.4) is 0 Å². The Morgan fingerprint density at radius 1 is 1.16 bits per heavy atom. The first-order chi connectivity index (χ1) is 8.90. The number of benzene rings is 1. The van der Waals surface area contributed by atoms with Crippen molar-refractivity contribution in [3.8, 4) is 0 Å². The predicted octanol–water partition coefficient (Wildman–Crippen LogP) is 4.18. The van der Waals surface area contributed by atoms with Gasteiger partial charge in [0.15, 0.2) is 5.13 Å². The Morgan fingerprint density at radius 3 is 2.32 bits per heavy atom. The Hall–Kier alpha value is -1.35. The Balaban J connectivity index is 2.19. The van der Waals surface area contributed by atoms with E-state index in [1.54, 1.807) is 11.3 Å². The van der Waals surface area contributed by atoms with Gasteiger partial charge in [0.1, 0.15) is 0 Å². The molecule has 0 aliphatic heterocycles. The van der Waals surface area contributed by atoms with Crippen molar-refractivity contribution in [1.82, 2.24) is 4.98 Å². The van der Waals surface area contributed by atoms with Crippen LogP contribution in [-0.2, 0) is 18.3 Å². The van der Waals surface area contributed by atoms with E-state index in [0.29, 0.717) is 5.13 Å². The van der Waals surface area contributed by atoms with Gasteiger partial charge in [-0.1, -0.05) is 52.0 Å². The van der Waals surface area contributed by atoms with Gasteiger partial charge in [0, 0.05) is 11.3 Å². The lowest BCUT2D eigenvalue weighted by molar-refractivity contribution is 0.590. The molecule has 2 N–H and O–H groups in total. The molecule has 0 fully saturated rings. The molecule has 1 aromatic heterocycles. The van der Waals surface area contributed by atoms with Crippen LogP contribution in [0, 0.1) is 0 Å². The topological polar surface area (TPSA) is 38.9 Å². The van der Waals surface area contributed by atoms with Gasteiger partial charge in [-0.05, 0) is 23.0 Å². The van der Waals surface area contributed by atoms with E-state index in [0.717, 1.165) is 18.5 Å². The summed E-state index contributed by atoms with van der Waals surface area (Å²) in [6, 6.07) is 8.89. The van der Waals surface area contributed by atoms with E-state index in [1.807, 2.05) is 0 Å². The largest absolute Gasteiger partial charge is 0.375 e. The van der Waals surface area contributed by atoms with Gasteiger partial charge in [-0.15, -0.1) is 11.3 Å². The van der Waals surface area contributed by atoms with Gasteiger partial charge in [-0.2, -0.15) is 0 Å². The third kappa shape index (κ3) is 3.35. The summed E-state index contributed by atoms with van der Waals surface area (Å²) in [5, 5.41) is 0.679. The first kappa shape index (κ1) is 14.1. The second-order valence-corrected chi connectivity index (χ2v) is 7.01. The molecule has 0 amide bonds. The van der Waals surface area contributed by atoms with Crippen LogP contribution < -0.4 is 5.73 Å². The highest BCUT2D eigenvalue weighted by atomic mass is 32.1. The summed E-state index contributed by atoms with van der Waals surface area (Å²) in [6.07, 6.45) is 1.88. The molecule has 102 valence electrons. The highest BCUT2D eigenvalue weighted by Gasteiger charge is 2.13. The van der Waals surface area contributed by atoms with Crippen LogP contribution in [0.5, 0.6) is 0 Å². The lowest BCUT2D eigenvalue weighted by Gasteiger charge is -2.19. The van der Waals surface area contributed by atoms with E-state index >= 15 is 0 Å². The summed E-state index contributed by atoms with van der Waals surface area (Å²) in [6.45, 7) is 8.84. The van der Waals surface area contributed by atoms with E-state index in [4.69, 9.17) is 5.73 Å². The number of thiazole rings is 1. The number of hydrogen-bond donors (Lipinski definition) is 1. The lowest BCUT2D eigenvalue weighted by Crippen LogP contribution is -2.10. The number of nitrogens with zero attached hydrogens (tertiary/aromatic N) is 1. The summed E-state index contributed by atoms with van der Waals surface area (Å²) < 4.78 is 0. The molecule has 0 saturated heterocycles. The average molecular weight is 274 g/mol. The second-order valence-electron chi connectivity index (χ2n) is 5.90. The van der Waals surface area contributed by atoms with Crippen molar-refractivity contribution in [2.45, 2.75) is 46.0 Å². The van der Waals surface area contributed by atoms with Gasteiger partial charge >= 0.3 is 0 Å². The maximum Gasteiger partial charge on any atom is 0.180 e. The smallest absolute Gasteiger partial charge is 0.180 e. The van der Waals surface area contributed by atoms with Crippen molar-refractivity contribution in [1.29, 1.82) is 0 Å². The molecule has 0 bridgehead atoms. The average Bonchev–Trinajstić information content (AvgIpc) is 2.69. The van der Waals surface area contributed by atoms with Crippen molar-refractivity contribution in [3.05, 3.63) is 46.0 Å². The molecule has 0 aliphatic rings. The first-order valence-corrected chi connectivity index (χ1v) is 7.55. The van der Waals surface area contributed by atoms with Crippen LogP contribution in [-0.4, -0.2) is 4.98 Å². The van der Waals surface area contributed by atoms with E-state index in [9.17, 15) is 0 Å². The number of nitrogen functional groups attached to an aromatic ring is 1. The van der Waals surface area contributed by atoms with Crippen LogP contribution in [0.1, 0.15) is 49.4 Å². The van der Waals surface area contributed by atoms with Crippen molar-refractivity contribution >= 4 is 16.5 Å². The number of aryl methyl sites for hydroxylation is 1. The maximum atomic E-state index is 5.80. The fourth-order valence-corrected chi connectivity index (χ4v) is 3.08. The molecular weight excluding hydrogens is 252 g/mol. The molecule has 1 heterocycles. The summed E-state index contributed by atoms with van der Waals surface area (Å²) >= 11 is 1.61. The molecule has 2 nitrogen and oxygen atoms in total. The molecule has 0 aliphatic carbocycles. The highest BCUT2D eigenvalue weighted by Crippen LogP contribution is 2.26. The highest BCUT2D eigenvalue weighted by molar-refractivity contribution is 7.15. The molecule has 0 saturated carbocycles. The Labute approximate surface area is 119 Å². The van der Waals surface area contributed by atoms with E-state index < -0.39 is 0 Å². The number of nitrogens with two attached hydrogens (primary N) is 1. The van der Waals surface area contributed by atoms with Crippen LogP contribution in [0.2, 0.25) is 0 Å². The van der Waals surface area contributed by atoms with Gasteiger partial charge in [-0.25, -0.2) is 4.98 Å². The maximum absolute atomic E-state index is 5.80. The molecule has 3 heteroatoms. The van der Waals surface area contributed by atoms with Crippen LogP contribution in [0.15, 0.2) is 24.3 Å². The number of aromatic nitrogens is 1. The van der Waals surface area contributed by atoms with E-state index in [1.165, 1.54) is 16.0 Å². The zero-order valence-electron chi connectivity index (χ0n) is 12.2. The van der Waals surface area contributed by atoms with Crippen LogP contribution >= 0.6 is 11.3 Å². The van der Waals surface area contributed by atoms with E-state index in [-0.39, 0.29) is 5.41 Å². The third-order valence-corrected chi connectivity index (χ3v) is 4.24. The van der Waals surface area contributed by atoms with Crippen LogP contribution in [0.4, 0.5) is 5.13 Å². The Bertz CT molecular complexity index is 547. The molecule has 0 unspecified atom stereocenters. The van der Waals surface area contributed by atoms with Gasteiger partial charge in [0.05, 0.1) is 5.69 Å². The number of rotatable bonds is 3. The minimum absolute atomic E-state index is 0.210. The van der Waals surface area contributed by atoms with E-state index in [2.05, 4.69) is 56.9 Å². The number of hydrogen-bond acceptors (Lipinski definition) is 3. The summed E-state index contributed by atoms with van der Waals surface area (Å²) in [7, 11) is 0. The second kappa shape index (κ2) is 5.33. The summed E-state index contributed by atoms with van der Waals surface area (Å²) in [5.74, 6) is 0. The monoisotopic (exact) mass is 274 g/mol. The summed E-state index contributed by atoms with van der Waals surface area (Å²) in [4.78, 5) is 5.67. The van der Waals surface area contributed by atoms with Crippen molar-refractivity contribution in [3.63, 3.8) is 0 Å². The van der Waals surface area contributed by atoms with Gasteiger partial charge in [-0.3, -0.25) is 0 Å². The molecule has 0 radical (unpaired) electrons. The first-order valence-electron chi connectivity index (χ1n) is 6.73. The quantitative estimate of drug-likeness (QED) is 0.912. The molecule has 2 rings (SSSR count). The standard InChI is InChI=1S/C16H22N2S/c1-5-13-14(19-15(17)18-13)10-11-6-8-12(9-7-11)16(2,3)4/h6-9H,5,10H2,1-4H3,(H2,17,18). The van der Waals surface area contributed by atoms with Crippen molar-refractivity contribution in [2.24, 2.45) is 0 Å².